The Balaban J connectivity index is 2.10. The number of carboxylic acid groups (broad SMARTS) is 1. The summed E-state index contributed by atoms with van der Waals surface area (Å²) in [5, 5.41) is 15.3. The number of hydrogen-bond acceptors (Lipinski definition) is 3. The van der Waals surface area contributed by atoms with Gasteiger partial charge in [0.15, 0.2) is 0 Å². The SMILES string of the molecule is CCC(CNC(=O)c1ccc(CNC(C)=O)cc1)(C(=O)O)c1ccccc1. The molecule has 0 saturated carbocycles. The van der Waals surface area contributed by atoms with Gasteiger partial charge >= 0.3 is 5.97 Å². The van der Waals surface area contributed by atoms with Crippen molar-refractivity contribution in [3.63, 3.8) is 0 Å². The van der Waals surface area contributed by atoms with E-state index in [9.17, 15) is 19.5 Å². The van der Waals surface area contributed by atoms with Gasteiger partial charge in [-0.05, 0) is 29.7 Å². The normalized spacial score (nSPS) is 12.7. The minimum absolute atomic E-state index is 0.00464. The van der Waals surface area contributed by atoms with E-state index in [2.05, 4.69) is 10.6 Å². The summed E-state index contributed by atoms with van der Waals surface area (Å²) in [6, 6.07) is 15.8. The number of hydrogen-bond donors (Lipinski definition) is 3. The molecule has 0 radical (unpaired) electrons. The molecule has 27 heavy (non-hydrogen) atoms. The molecule has 0 aliphatic carbocycles. The van der Waals surface area contributed by atoms with Gasteiger partial charge in [-0.3, -0.25) is 14.4 Å². The average Bonchev–Trinajstić information content (AvgIpc) is 2.68. The van der Waals surface area contributed by atoms with Crippen LogP contribution in [0.1, 0.15) is 41.8 Å². The fourth-order valence-electron chi connectivity index (χ4n) is 2.87. The van der Waals surface area contributed by atoms with Crippen molar-refractivity contribution in [2.45, 2.75) is 32.2 Å². The van der Waals surface area contributed by atoms with E-state index in [-0.39, 0.29) is 18.4 Å². The number of benzene rings is 2. The second-order valence-corrected chi connectivity index (χ2v) is 6.40. The molecule has 0 aliphatic rings. The third-order valence-electron chi connectivity index (χ3n) is 4.65. The van der Waals surface area contributed by atoms with Crippen LogP contribution in [-0.4, -0.2) is 29.4 Å². The van der Waals surface area contributed by atoms with Crippen molar-refractivity contribution in [2.75, 3.05) is 6.54 Å². The molecule has 3 N–H and O–H groups in total. The Bertz CT molecular complexity index is 803. The van der Waals surface area contributed by atoms with Crippen LogP contribution in [0.15, 0.2) is 54.6 Å². The fourth-order valence-corrected chi connectivity index (χ4v) is 2.87. The van der Waals surface area contributed by atoms with Gasteiger partial charge in [-0.1, -0.05) is 49.4 Å². The van der Waals surface area contributed by atoms with Gasteiger partial charge in [0, 0.05) is 25.6 Å². The zero-order chi connectivity index (χ0) is 19.9. The number of amides is 2. The van der Waals surface area contributed by atoms with Crippen molar-refractivity contribution in [1.82, 2.24) is 10.6 Å². The van der Waals surface area contributed by atoms with Crippen LogP contribution in [0.25, 0.3) is 0 Å². The third-order valence-corrected chi connectivity index (χ3v) is 4.65. The summed E-state index contributed by atoms with van der Waals surface area (Å²) in [4.78, 5) is 35.4. The molecule has 0 heterocycles. The molecule has 2 rings (SSSR count). The molecule has 6 nitrogen and oxygen atoms in total. The molecule has 2 aromatic carbocycles. The Kier molecular flexibility index (Phi) is 6.71. The fraction of sp³-hybridized carbons (Fsp3) is 0.286. The predicted molar refractivity (Wildman–Crippen MR) is 102 cm³/mol. The van der Waals surface area contributed by atoms with Gasteiger partial charge in [0.1, 0.15) is 5.41 Å². The number of carbonyl (C=O) groups is 3. The first-order valence-electron chi connectivity index (χ1n) is 8.79. The van der Waals surface area contributed by atoms with Crippen LogP contribution in [0.3, 0.4) is 0 Å². The minimum Gasteiger partial charge on any atom is -0.481 e. The van der Waals surface area contributed by atoms with Crippen LogP contribution < -0.4 is 10.6 Å². The van der Waals surface area contributed by atoms with Crippen LogP contribution in [0.2, 0.25) is 0 Å². The highest BCUT2D eigenvalue weighted by molar-refractivity contribution is 5.95. The van der Waals surface area contributed by atoms with Crippen molar-refractivity contribution in [1.29, 1.82) is 0 Å². The average molecular weight is 368 g/mol. The molecule has 1 atom stereocenters. The molecule has 1 unspecified atom stereocenters. The molecule has 2 aromatic rings. The topological polar surface area (TPSA) is 95.5 Å². The maximum absolute atomic E-state index is 12.5. The van der Waals surface area contributed by atoms with Crippen molar-refractivity contribution < 1.29 is 19.5 Å². The summed E-state index contributed by atoms with van der Waals surface area (Å²) in [5.41, 5.74) is 0.790. The first-order valence-corrected chi connectivity index (χ1v) is 8.79. The Hall–Kier alpha value is -3.15. The molecule has 142 valence electrons. The Morgan fingerprint density at radius 3 is 2.11 bits per heavy atom. The minimum atomic E-state index is -1.18. The number of carbonyl (C=O) groups excluding carboxylic acids is 2. The van der Waals surface area contributed by atoms with E-state index >= 15 is 0 Å². The summed E-state index contributed by atoms with van der Waals surface area (Å²) < 4.78 is 0. The second-order valence-electron chi connectivity index (χ2n) is 6.40. The summed E-state index contributed by atoms with van der Waals surface area (Å²) >= 11 is 0. The van der Waals surface area contributed by atoms with E-state index in [1.807, 2.05) is 6.07 Å². The first kappa shape index (κ1) is 20.2. The zero-order valence-corrected chi connectivity index (χ0v) is 15.5. The highest BCUT2D eigenvalue weighted by Crippen LogP contribution is 2.28. The van der Waals surface area contributed by atoms with Crippen LogP contribution >= 0.6 is 0 Å². The van der Waals surface area contributed by atoms with E-state index in [1.165, 1.54) is 6.92 Å². The molecule has 0 saturated heterocycles. The van der Waals surface area contributed by atoms with Crippen LogP contribution in [0.5, 0.6) is 0 Å². The van der Waals surface area contributed by atoms with Gasteiger partial charge in [-0.15, -0.1) is 0 Å². The molecule has 6 heteroatoms. The lowest BCUT2D eigenvalue weighted by atomic mass is 9.78. The van der Waals surface area contributed by atoms with Crippen LogP contribution in [0.4, 0.5) is 0 Å². The third kappa shape index (κ3) is 4.94. The zero-order valence-electron chi connectivity index (χ0n) is 15.5. The lowest BCUT2D eigenvalue weighted by molar-refractivity contribution is -0.143. The van der Waals surface area contributed by atoms with Crippen LogP contribution in [-0.2, 0) is 21.5 Å². The molecule has 0 aromatic heterocycles. The summed E-state index contributed by atoms with van der Waals surface area (Å²) in [6.07, 6.45) is 0.349. The van der Waals surface area contributed by atoms with Crippen LogP contribution in [0, 0.1) is 0 Å². The first-order chi connectivity index (χ1) is 12.9. The number of carboxylic acids is 1. The van der Waals surface area contributed by atoms with Crippen molar-refractivity contribution in [3.8, 4) is 0 Å². The smallest absolute Gasteiger partial charge is 0.315 e. The molecule has 2 amide bonds. The molecular weight excluding hydrogens is 344 g/mol. The summed E-state index contributed by atoms with van der Waals surface area (Å²) in [6.45, 7) is 3.62. The molecule has 0 spiro atoms. The predicted octanol–water partition coefficient (Wildman–Crippen LogP) is 2.49. The number of aliphatic carboxylic acids is 1. The summed E-state index contributed by atoms with van der Waals surface area (Å²) in [7, 11) is 0. The monoisotopic (exact) mass is 368 g/mol. The van der Waals surface area contributed by atoms with E-state index in [0.29, 0.717) is 24.1 Å². The quantitative estimate of drug-likeness (QED) is 0.667. The van der Waals surface area contributed by atoms with Gasteiger partial charge in [-0.25, -0.2) is 0 Å². The second kappa shape index (κ2) is 8.98. The Morgan fingerprint density at radius 2 is 1.59 bits per heavy atom. The van der Waals surface area contributed by atoms with Gasteiger partial charge in [0.2, 0.25) is 5.91 Å². The van der Waals surface area contributed by atoms with E-state index < -0.39 is 11.4 Å². The lowest BCUT2D eigenvalue weighted by Gasteiger charge is -2.29. The molecule has 0 bridgehead atoms. The van der Waals surface area contributed by atoms with Crippen molar-refractivity contribution >= 4 is 17.8 Å². The van der Waals surface area contributed by atoms with E-state index in [0.717, 1.165) is 5.56 Å². The maximum atomic E-state index is 12.5. The number of nitrogens with one attached hydrogen (secondary N) is 2. The molecular formula is C21H24N2O4. The highest BCUT2D eigenvalue weighted by atomic mass is 16.4. The standard InChI is InChI=1S/C21H24N2O4/c1-3-21(20(26)27,18-7-5-4-6-8-18)14-23-19(25)17-11-9-16(10-12-17)13-22-15(2)24/h4-12H,3,13-14H2,1-2H3,(H,22,24)(H,23,25)(H,26,27). The van der Waals surface area contributed by atoms with Crippen molar-refractivity contribution in [3.05, 3.63) is 71.3 Å². The largest absolute Gasteiger partial charge is 0.481 e. The summed E-state index contributed by atoms with van der Waals surface area (Å²) in [5.74, 6) is -1.43. The van der Waals surface area contributed by atoms with Gasteiger partial charge in [0.25, 0.3) is 5.91 Å². The Labute approximate surface area is 158 Å². The van der Waals surface area contributed by atoms with Gasteiger partial charge in [0.05, 0.1) is 0 Å². The van der Waals surface area contributed by atoms with Gasteiger partial charge in [-0.2, -0.15) is 0 Å². The van der Waals surface area contributed by atoms with E-state index in [1.54, 1.807) is 55.5 Å². The van der Waals surface area contributed by atoms with Gasteiger partial charge < -0.3 is 15.7 Å². The highest BCUT2D eigenvalue weighted by Gasteiger charge is 2.39. The number of rotatable bonds is 8. The van der Waals surface area contributed by atoms with E-state index in [4.69, 9.17) is 0 Å². The van der Waals surface area contributed by atoms with Crippen molar-refractivity contribution in [2.24, 2.45) is 0 Å². The maximum Gasteiger partial charge on any atom is 0.315 e. The molecule has 0 aliphatic heterocycles. The lowest BCUT2D eigenvalue weighted by Crippen LogP contribution is -2.46. The Morgan fingerprint density at radius 1 is 0.963 bits per heavy atom. The molecule has 0 fully saturated rings.